The highest BCUT2D eigenvalue weighted by atomic mass is 35.5. The molecule has 1 N–H and O–H groups in total. The van der Waals surface area contributed by atoms with Gasteiger partial charge in [-0.15, -0.1) is 0 Å². The highest BCUT2D eigenvalue weighted by molar-refractivity contribution is 7.89. The number of pyridine rings is 1. The number of nitrogens with zero attached hydrogens (tertiary/aromatic N) is 3. The summed E-state index contributed by atoms with van der Waals surface area (Å²) in [5.41, 5.74) is 1.36. The average Bonchev–Trinajstić information content (AvgIpc) is 2.93. The van der Waals surface area contributed by atoms with Gasteiger partial charge >= 0.3 is 0 Å². The Labute approximate surface area is 222 Å². The van der Waals surface area contributed by atoms with Gasteiger partial charge in [0.15, 0.2) is 0 Å². The Balaban J connectivity index is 1.29. The van der Waals surface area contributed by atoms with Crippen molar-refractivity contribution in [3.63, 3.8) is 0 Å². The van der Waals surface area contributed by atoms with Gasteiger partial charge in [0.25, 0.3) is 0 Å². The first-order valence-corrected chi connectivity index (χ1v) is 14.5. The minimum absolute atomic E-state index is 0.0562. The van der Waals surface area contributed by atoms with Crippen LogP contribution in [-0.2, 0) is 14.8 Å². The molecular formula is C27H31ClN4O4S. The quantitative estimate of drug-likeness (QED) is 0.475. The fourth-order valence-electron chi connectivity index (χ4n) is 5.07. The molecule has 1 atom stereocenters. The minimum atomic E-state index is -3.50. The summed E-state index contributed by atoms with van der Waals surface area (Å²) in [5, 5.41) is 4.19. The van der Waals surface area contributed by atoms with Gasteiger partial charge < -0.3 is 15.0 Å². The molecule has 1 unspecified atom stereocenters. The van der Waals surface area contributed by atoms with E-state index < -0.39 is 10.0 Å². The molecule has 2 aromatic carbocycles. The van der Waals surface area contributed by atoms with E-state index in [1.54, 1.807) is 47.8 Å². The van der Waals surface area contributed by atoms with E-state index in [9.17, 15) is 13.2 Å². The van der Waals surface area contributed by atoms with E-state index in [1.807, 2.05) is 12.1 Å². The van der Waals surface area contributed by atoms with Gasteiger partial charge in [0.1, 0.15) is 11.6 Å². The summed E-state index contributed by atoms with van der Waals surface area (Å²) in [5.74, 6) is 1.09. The van der Waals surface area contributed by atoms with Crippen LogP contribution in [0.15, 0.2) is 53.4 Å². The van der Waals surface area contributed by atoms with Crippen molar-refractivity contribution >= 4 is 49.9 Å². The number of carbonyl (C=O) groups is 1. The zero-order chi connectivity index (χ0) is 26.0. The Hall–Kier alpha value is -2.88. The number of nitrogens with one attached hydrogen (secondary N) is 1. The number of fused-ring (bicyclic) bond motifs is 1. The molecule has 2 fully saturated rings. The fraction of sp³-hybridized carbons (Fsp3) is 0.407. The molecule has 10 heteroatoms. The lowest BCUT2D eigenvalue weighted by atomic mass is 9.97. The second-order valence-corrected chi connectivity index (χ2v) is 12.0. The molecule has 8 nitrogen and oxygen atoms in total. The molecular weight excluding hydrogens is 512 g/mol. The SMILES string of the molecule is COc1ccc(NC(=O)C2CCCN(c3ccc4cc(S(=O)(=O)N5CCCCC5)ccc4n3)C2)cc1Cl. The van der Waals surface area contributed by atoms with E-state index in [2.05, 4.69) is 10.2 Å². The van der Waals surface area contributed by atoms with Gasteiger partial charge in [-0.3, -0.25) is 4.79 Å². The second-order valence-electron chi connectivity index (χ2n) is 9.61. The molecule has 1 amide bonds. The maximum atomic E-state index is 13.1. The Morgan fingerprint density at radius 3 is 2.59 bits per heavy atom. The van der Waals surface area contributed by atoms with Crippen molar-refractivity contribution in [3.05, 3.63) is 53.6 Å². The number of halogens is 1. The lowest BCUT2D eigenvalue weighted by Crippen LogP contribution is -2.41. The topological polar surface area (TPSA) is 91.8 Å². The first kappa shape index (κ1) is 25.8. The second kappa shape index (κ2) is 10.8. The molecule has 0 radical (unpaired) electrons. The Morgan fingerprint density at radius 1 is 1.03 bits per heavy atom. The van der Waals surface area contributed by atoms with Crippen LogP contribution < -0.4 is 15.0 Å². The van der Waals surface area contributed by atoms with Crippen molar-refractivity contribution in [1.82, 2.24) is 9.29 Å². The zero-order valence-corrected chi connectivity index (χ0v) is 22.4. The number of benzene rings is 2. The molecule has 37 heavy (non-hydrogen) atoms. The van der Waals surface area contributed by atoms with Gasteiger partial charge in [-0.2, -0.15) is 4.31 Å². The predicted molar refractivity (Wildman–Crippen MR) is 146 cm³/mol. The number of piperidine rings is 2. The molecule has 2 aliphatic rings. The molecule has 0 bridgehead atoms. The Kier molecular flexibility index (Phi) is 7.55. The zero-order valence-electron chi connectivity index (χ0n) is 20.8. The summed E-state index contributed by atoms with van der Waals surface area (Å²) in [4.78, 5) is 20.2. The third-order valence-electron chi connectivity index (χ3n) is 7.13. The maximum Gasteiger partial charge on any atom is 0.243 e. The van der Waals surface area contributed by atoms with Crippen LogP contribution in [0, 0.1) is 5.92 Å². The number of aromatic nitrogens is 1. The number of amides is 1. The van der Waals surface area contributed by atoms with Gasteiger partial charge in [-0.05, 0) is 74.2 Å². The molecule has 196 valence electrons. The molecule has 0 saturated carbocycles. The van der Waals surface area contributed by atoms with Crippen LogP contribution in [0.5, 0.6) is 5.75 Å². The van der Waals surface area contributed by atoms with Crippen LogP contribution in [-0.4, -0.2) is 56.9 Å². The third kappa shape index (κ3) is 5.54. The standard InChI is InChI=1S/C27H31ClN4O4S/c1-36-25-11-8-21(17-23(25)28)29-27(33)20-6-5-13-31(18-20)26-12-7-19-16-22(9-10-24(19)30-26)37(34,35)32-14-3-2-4-15-32/h7-12,16-17,20H,2-6,13-15,18H2,1H3,(H,29,33). The van der Waals surface area contributed by atoms with E-state index in [0.29, 0.717) is 41.0 Å². The van der Waals surface area contributed by atoms with E-state index in [1.165, 1.54) is 0 Å². The number of anilines is 2. The number of carbonyl (C=O) groups excluding carboxylic acids is 1. The van der Waals surface area contributed by atoms with E-state index in [4.69, 9.17) is 21.3 Å². The van der Waals surface area contributed by atoms with E-state index in [0.717, 1.165) is 55.4 Å². The third-order valence-corrected chi connectivity index (χ3v) is 9.32. The lowest BCUT2D eigenvalue weighted by molar-refractivity contribution is -0.120. The number of rotatable bonds is 6. The molecule has 5 rings (SSSR count). The summed E-state index contributed by atoms with van der Waals surface area (Å²) < 4.78 is 32.9. The largest absolute Gasteiger partial charge is 0.495 e. The van der Waals surface area contributed by atoms with Crippen molar-refractivity contribution < 1.29 is 17.9 Å². The van der Waals surface area contributed by atoms with Crippen molar-refractivity contribution in [1.29, 1.82) is 0 Å². The first-order chi connectivity index (χ1) is 17.8. The molecule has 2 saturated heterocycles. The number of hydrogen-bond acceptors (Lipinski definition) is 6. The highest BCUT2D eigenvalue weighted by Gasteiger charge is 2.28. The molecule has 2 aliphatic heterocycles. The average molecular weight is 543 g/mol. The summed E-state index contributed by atoms with van der Waals surface area (Å²) in [6.45, 7) is 2.51. The molecule has 3 aromatic rings. The fourth-order valence-corrected chi connectivity index (χ4v) is 6.88. The van der Waals surface area contributed by atoms with E-state index in [-0.39, 0.29) is 11.8 Å². The predicted octanol–water partition coefficient (Wildman–Crippen LogP) is 4.93. The summed E-state index contributed by atoms with van der Waals surface area (Å²) >= 11 is 6.20. The summed E-state index contributed by atoms with van der Waals surface area (Å²) in [6.07, 6.45) is 4.54. The maximum absolute atomic E-state index is 13.1. The molecule has 3 heterocycles. The van der Waals surface area contributed by atoms with Gasteiger partial charge in [0.05, 0.1) is 28.5 Å². The number of methoxy groups -OCH3 is 1. The lowest BCUT2D eigenvalue weighted by Gasteiger charge is -2.33. The van der Waals surface area contributed by atoms with Crippen LogP contribution in [0.2, 0.25) is 5.02 Å². The minimum Gasteiger partial charge on any atom is -0.495 e. The van der Waals surface area contributed by atoms with Crippen LogP contribution in [0.4, 0.5) is 11.5 Å². The van der Waals surface area contributed by atoms with Crippen LogP contribution in [0.1, 0.15) is 32.1 Å². The monoisotopic (exact) mass is 542 g/mol. The normalized spacial score (nSPS) is 19.1. The summed E-state index contributed by atoms with van der Waals surface area (Å²) in [7, 11) is -1.95. The molecule has 1 aromatic heterocycles. The number of hydrogen-bond donors (Lipinski definition) is 1. The number of ether oxygens (including phenoxy) is 1. The van der Waals surface area contributed by atoms with Crippen molar-refractivity contribution in [3.8, 4) is 5.75 Å². The van der Waals surface area contributed by atoms with Crippen LogP contribution in [0.25, 0.3) is 10.9 Å². The van der Waals surface area contributed by atoms with Crippen molar-refractivity contribution in [2.45, 2.75) is 37.0 Å². The Bertz CT molecular complexity index is 1410. The van der Waals surface area contributed by atoms with Gasteiger partial charge in [-0.25, -0.2) is 13.4 Å². The van der Waals surface area contributed by atoms with Crippen molar-refractivity contribution in [2.75, 3.05) is 43.5 Å². The van der Waals surface area contributed by atoms with Gasteiger partial charge in [0, 0.05) is 37.3 Å². The molecule has 0 aliphatic carbocycles. The van der Waals surface area contributed by atoms with Crippen molar-refractivity contribution in [2.24, 2.45) is 5.92 Å². The van der Waals surface area contributed by atoms with Gasteiger partial charge in [-0.1, -0.05) is 18.0 Å². The Morgan fingerprint density at radius 2 is 1.84 bits per heavy atom. The summed E-state index contributed by atoms with van der Waals surface area (Å²) in [6, 6.07) is 14.1. The highest BCUT2D eigenvalue weighted by Crippen LogP contribution is 2.30. The van der Waals surface area contributed by atoms with Gasteiger partial charge in [0.2, 0.25) is 15.9 Å². The number of sulfonamides is 1. The van der Waals surface area contributed by atoms with E-state index >= 15 is 0 Å². The van der Waals surface area contributed by atoms with Crippen LogP contribution >= 0.6 is 11.6 Å². The molecule has 0 spiro atoms. The van der Waals surface area contributed by atoms with Crippen LogP contribution in [0.3, 0.4) is 0 Å². The first-order valence-electron chi connectivity index (χ1n) is 12.7. The smallest absolute Gasteiger partial charge is 0.243 e.